The number of benzene rings is 1. The first kappa shape index (κ1) is 16.0. The molecule has 1 aromatic carbocycles. The molecule has 2 aromatic heterocycles. The van der Waals surface area contributed by atoms with E-state index >= 15 is 0 Å². The van der Waals surface area contributed by atoms with E-state index in [0.29, 0.717) is 33.4 Å². The van der Waals surface area contributed by atoms with Crippen LogP contribution in [0.1, 0.15) is 9.67 Å². The number of hydrogen-bond donors (Lipinski definition) is 1. The zero-order valence-electron chi connectivity index (χ0n) is 13.3. The molecule has 0 amide bonds. The van der Waals surface area contributed by atoms with Crippen molar-refractivity contribution in [2.24, 2.45) is 0 Å². The summed E-state index contributed by atoms with van der Waals surface area (Å²) in [5.74, 6) is 1.32. The summed E-state index contributed by atoms with van der Waals surface area (Å²) in [5.41, 5.74) is 1.32. The molecule has 7 nitrogen and oxygen atoms in total. The summed E-state index contributed by atoms with van der Waals surface area (Å²) in [5, 5.41) is 5.72. The third-order valence-electron chi connectivity index (χ3n) is 3.43. The van der Waals surface area contributed by atoms with E-state index in [1.54, 1.807) is 32.4 Å². The van der Waals surface area contributed by atoms with Gasteiger partial charge in [-0.15, -0.1) is 11.3 Å². The van der Waals surface area contributed by atoms with E-state index in [1.807, 2.05) is 5.38 Å². The monoisotopic (exact) mass is 345 g/mol. The SMILES string of the molecule is COC(=O)c1sccc1Nc1ncnc2cc(OC)c(OC)cc12. The van der Waals surface area contributed by atoms with Crippen LogP contribution in [0.3, 0.4) is 0 Å². The summed E-state index contributed by atoms with van der Waals surface area (Å²) < 4.78 is 15.4. The van der Waals surface area contributed by atoms with E-state index in [9.17, 15) is 4.79 Å². The van der Waals surface area contributed by atoms with Crippen LogP contribution in [0.5, 0.6) is 11.5 Å². The lowest BCUT2D eigenvalue weighted by Crippen LogP contribution is -2.03. The van der Waals surface area contributed by atoms with Crippen LogP contribution in [0, 0.1) is 0 Å². The summed E-state index contributed by atoms with van der Waals surface area (Å²) in [6, 6.07) is 5.36. The third-order valence-corrected chi connectivity index (χ3v) is 4.32. The Kier molecular flexibility index (Phi) is 4.48. The van der Waals surface area contributed by atoms with Crippen LogP contribution >= 0.6 is 11.3 Å². The zero-order chi connectivity index (χ0) is 17.1. The van der Waals surface area contributed by atoms with Crippen molar-refractivity contribution < 1.29 is 19.0 Å². The summed E-state index contributed by atoms with van der Waals surface area (Å²) in [6.45, 7) is 0. The largest absolute Gasteiger partial charge is 0.493 e. The Morgan fingerprint density at radius 3 is 2.58 bits per heavy atom. The molecule has 0 spiro atoms. The molecule has 24 heavy (non-hydrogen) atoms. The fourth-order valence-electron chi connectivity index (χ4n) is 2.27. The maximum Gasteiger partial charge on any atom is 0.350 e. The number of esters is 1. The van der Waals surface area contributed by atoms with Crippen molar-refractivity contribution in [2.45, 2.75) is 0 Å². The number of methoxy groups -OCH3 is 3. The summed E-state index contributed by atoms with van der Waals surface area (Å²) in [4.78, 5) is 20.8. The minimum absolute atomic E-state index is 0.398. The van der Waals surface area contributed by atoms with Gasteiger partial charge >= 0.3 is 5.97 Å². The Hall–Kier alpha value is -2.87. The van der Waals surface area contributed by atoms with Crippen LogP contribution in [0.2, 0.25) is 0 Å². The number of carbonyl (C=O) groups excluding carboxylic acids is 1. The molecular formula is C16H15N3O4S. The van der Waals surface area contributed by atoms with Gasteiger partial charge in [0.2, 0.25) is 0 Å². The highest BCUT2D eigenvalue weighted by molar-refractivity contribution is 7.12. The van der Waals surface area contributed by atoms with Gasteiger partial charge in [-0.25, -0.2) is 14.8 Å². The smallest absolute Gasteiger partial charge is 0.350 e. The predicted octanol–water partition coefficient (Wildman–Crippen LogP) is 3.24. The van der Waals surface area contributed by atoms with Crippen molar-refractivity contribution in [1.29, 1.82) is 0 Å². The van der Waals surface area contributed by atoms with Gasteiger partial charge < -0.3 is 19.5 Å². The number of carbonyl (C=O) groups is 1. The molecule has 8 heteroatoms. The first-order chi connectivity index (χ1) is 11.7. The van der Waals surface area contributed by atoms with Gasteiger partial charge in [0, 0.05) is 11.5 Å². The second-order valence-electron chi connectivity index (χ2n) is 4.73. The number of nitrogens with one attached hydrogen (secondary N) is 1. The Morgan fingerprint density at radius 2 is 1.88 bits per heavy atom. The van der Waals surface area contributed by atoms with E-state index in [1.165, 1.54) is 24.8 Å². The minimum atomic E-state index is -0.398. The molecule has 3 aromatic rings. The van der Waals surface area contributed by atoms with E-state index < -0.39 is 5.97 Å². The van der Waals surface area contributed by atoms with Gasteiger partial charge in [0.25, 0.3) is 0 Å². The van der Waals surface area contributed by atoms with Gasteiger partial charge in [-0.1, -0.05) is 0 Å². The quantitative estimate of drug-likeness (QED) is 0.711. The fourth-order valence-corrected chi connectivity index (χ4v) is 3.03. The number of fused-ring (bicyclic) bond motifs is 1. The van der Waals surface area contributed by atoms with Crippen molar-refractivity contribution in [2.75, 3.05) is 26.6 Å². The molecule has 0 aliphatic carbocycles. The molecule has 0 bridgehead atoms. The highest BCUT2D eigenvalue weighted by Gasteiger charge is 2.16. The molecule has 0 radical (unpaired) electrons. The van der Waals surface area contributed by atoms with Crippen molar-refractivity contribution in [3.8, 4) is 11.5 Å². The molecule has 0 unspecified atom stereocenters. The third kappa shape index (κ3) is 2.83. The molecule has 0 saturated carbocycles. The van der Waals surface area contributed by atoms with Gasteiger partial charge in [-0.3, -0.25) is 0 Å². The average Bonchev–Trinajstić information content (AvgIpc) is 3.08. The van der Waals surface area contributed by atoms with Gasteiger partial charge in [-0.2, -0.15) is 0 Å². The number of hydrogen-bond acceptors (Lipinski definition) is 8. The normalized spacial score (nSPS) is 10.5. The Bertz CT molecular complexity index is 894. The molecule has 1 N–H and O–H groups in total. The minimum Gasteiger partial charge on any atom is -0.493 e. The predicted molar refractivity (Wildman–Crippen MR) is 91.6 cm³/mol. The number of ether oxygens (including phenoxy) is 3. The standard InChI is InChI=1S/C16H15N3O4S/c1-21-12-6-9-11(7-13(12)22-2)17-8-18-15(9)19-10-4-5-24-14(10)16(20)23-3/h4-8H,1-3H3,(H,17,18,19). The van der Waals surface area contributed by atoms with Crippen LogP contribution in [-0.2, 0) is 4.74 Å². The van der Waals surface area contributed by atoms with Crippen molar-refractivity contribution >= 4 is 39.7 Å². The number of nitrogens with zero attached hydrogens (tertiary/aromatic N) is 2. The lowest BCUT2D eigenvalue weighted by Gasteiger charge is -2.12. The molecule has 2 heterocycles. The maximum atomic E-state index is 11.8. The fraction of sp³-hybridized carbons (Fsp3) is 0.188. The van der Waals surface area contributed by atoms with E-state index in [-0.39, 0.29) is 0 Å². The maximum absolute atomic E-state index is 11.8. The molecule has 0 saturated heterocycles. The van der Waals surface area contributed by atoms with E-state index in [0.717, 1.165) is 5.39 Å². The van der Waals surface area contributed by atoms with Crippen molar-refractivity contribution in [3.63, 3.8) is 0 Å². The van der Waals surface area contributed by atoms with Crippen LogP contribution in [0.25, 0.3) is 10.9 Å². The topological polar surface area (TPSA) is 82.6 Å². The zero-order valence-corrected chi connectivity index (χ0v) is 14.1. The molecule has 0 aliphatic rings. The van der Waals surface area contributed by atoms with E-state index in [2.05, 4.69) is 15.3 Å². The summed E-state index contributed by atoms with van der Waals surface area (Å²) in [7, 11) is 4.48. The van der Waals surface area contributed by atoms with E-state index in [4.69, 9.17) is 14.2 Å². The lowest BCUT2D eigenvalue weighted by molar-refractivity contribution is 0.0607. The highest BCUT2D eigenvalue weighted by Crippen LogP contribution is 2.35. The molecule has 0 aliphatic heterocycles. The van der Waals surface area contributed by atoms with Crippen LogP contribution < -0.4 is 14.8 Å². The molecule has 0 atom stereocenters. The number of thiophene rings is 1. The second kappa shape index (κ2) is 6.71. The first-order valence-corrected chi connectivity index (χ1v) is 7.85. The molecular weight excluding hydrogens is 330 g/mol. The Balaban J connectivity index is 2.07. The molecule has 124 valence electrons. The Morgan fingerprint density at radius 1 is 1.12 bits per heavy atom. The van der Waals surface area contributed by atoms with Crippen LogP contribution in [-0.4, -0.2) is 37.3 Å². The van der Waals surface area contributed by atoms with Gasteiger partial charge in [-0.05, 0) is 17.5 Å². The number of anilines is 2. The summed E-state index contributed by atoms with van der Waals surface area (Å²) >= 11 is 1.30. The van der Waals surface area contributed by atoms with Crippen molar-refractivity contribution in [1.82, 2.24) is 9.97 Å². The van der Waals surface area contributed by atoms with Crippen LogP contribution in [0.15, 0.2) is 29.9 Å². The average molecular weight is 345 g/mol. The van der Waals surface area contributed by atoms with Gasteiger partial charge in [0.15, 0.2) is 11.5 Å². The lowest BCUT2D eigenvalue weighted by atomic mass is 10.2. The number of rotatable bonds is 5. The first-order valence-electron chi connectivity index (χ1n) is 6.97. The Labute approximate surface area is 142 Å². The summed E-state index contributed by atoms with van der Waals surface area (Å²) in [6.07, 6.45) is 1.45. The van der Waals surface area contributed by atoms with Crippen LogP contribution in [0.4, 0.5) is 11.5 Å². The van der Waals surface area contributed by atoms with Crippen molar-refractivity contribution in [3.05, 3.63) is 34.8 Å². The van der Waals surface area contributed by atoms with Gasteiger partial charge in [0.1, 0.15) is 17.0 Å². The van der Waals surface area contributed by atoms with Gasteiger partial charge in [0.05, 0.1) is 32.5 Å². The highest BCUT2D eigenvalue weighted by atomic mass is 32.1. The number of aromatic nitrogens is 2. The second-order valence-corrected chi connectivity index (χ2v) is 5.64. The molecule has 3 rings (SSSR count). The molecule has 0 fully saturated rings.